The van der Waals surface area contributed by atoms with Crippen molar-refractivity contribution in [1.82, 2.24) is 0 Å². The van der Waals surface area contributed by atoms with E-state index in [2.05, 4.69) is 43.0 Å². The lowest BCUT2D eigenvalue weighted by Crippen LogP contribution is -1.99. The molecule has 0 amide bonds. The van der Waals surface area contributed by atoms with Crippen LogP contribution in [0.1, 0.15) is 37.5 Å². The van der Waals surface area contributed by atoms with Gasteiger partial charge in [-0.05, 0) is 42.2 Å². The van der Waals surface area contributed by atoms with Crippen LogP contribution in [-0.2, 0) is 19.6 Å². The summed E-state index contributed by atoms with van der Waals surface area (Å²) in [4.78, 5) is 0. The van der Waals surface area contributed by atoms with E-state index >= 15 is 0 Å². The van der Waals surface area contributed by atoms with Crippen LogP contribution in [0.3, 0.4) is 0 Å². The first-order valence-electron chi connectivity index (χ1n) is 9.81. The lowest BCUT2D eigenvalue weighted by atomic mass is 10.1. The summed E-state index contributed by atoms with van der Waals surface area (Å²) in [5.41, 5.74) is 4.54. The van der Waals surface area contributed by atoms with Crippen molar-refractivity contribution in [2.24, 2.45) is 0 Å². The van der Waals surface area contributed by atoms with E-state index in [9.17, 15) is 0 Å². The van der Waals surface area contributed by atoms with Crippen molar-refractivity contribution in [3.8, 4) is 11.5 Å². The van der Waals surface area contributed by atoms with Gasteiger partial charge in [0.05, 0.1) is 0 Å². The molecule has 3 rings (SSSR count). The molecule has 28 heavy (non-hydrogen) atoms. The van der Waals surface area contributed by atoms with Gasteiger partial charge in [-0.2, -0.15) is 0 Å². The number of ether oxygens (including phenoxy) is 2. The molecule has 0 fully saturated rings. The second-order valence-corrected chi connectivity index (χ2v) is 6.50. The van der Waals surface area contributed by atoms with E-state index in [0.29, 0.717) is 13.2 Å². The Bertz CT molecular complexity index is 777. The van der Waals surface area contributed by atoms with Gasteiger partial charge in [0, 0.05) is 6.07 Å². The van der Waals surface area contributed by atoms with Crippen molar-refractivity contribution < 1.29 is 9.47 Å². The molecule has 0 spiro atoms. The second kappa shape index (κ2) is 11.7. The van der Waals surface area contributed by atoms with Gasteiger partial charge >= 0.3 is 0 Å². The van der Waals surface area contributed by atoms with Gasteiger partial charge in [-0.1, -0.05) is 86.7 Å². The van der Waals surface area contributed by atoms with Crippen LogP contribution in [-0.4, -0.2) is 0 Å². The molecule has 0 saturated carbocycles. The number of allylic oxidation sites excluding steroid dienone is 1. The molecule has 0 radical (unpaired) electrons. The zero-order chi connectivity index (χ0) is 20.2. The average Bonchev–Trinajstić information content (AvgIpc) is 2.73. The third-order valence-corrected chi connectivity index (χ3v) is 3.94. The van der Waals surface area contributed by atoms with Gasteiger partial charge in [-0.15, -0.1) is 0 Å². The van der Waals surface area contributed by atoms with Crippen molar-refractivity contribution in [3.63, 3.8) is 0 Å². The molecule has 2 nitrogen and oxygen atoms in total. The lowest BCUT2D eigenvalue weighted by molar-refractivity contribution is 0.289. The van der Waals surface area contributed by atoms with Crippen molar-refractivity contribution in [1.29, 1.82) is 0 Å². The molecule has 0 unspecified atom stereocenters. The molecular formula is C26H30O2. The van der Waals surface area contributed by atoms with Crippen LogP contribution < -0.4 is 9.47 Å². The quantitative estimate of drug-likeness (QED) is 0.396. The molecule has 3 aromatic carbocycles. The largest absolute Gasteiger partial charge is 0.489 e. The van der Waals surface area contributed by atoms with Gasteiger partial charge in [-0.25, -0.2) is 0 Å². The van der Waals surface area contributed by atoms with Gasteiger partial charge < -0.3 is 9.47 Å². The van der Waals surface area contributed by atoms with E-state index in [0.717, 1.165) is 40.2 Å². The summed E-state index contributed by atoms with van der Waals surface area (Å²) < 4.78 is 12.0. The van der Waals surface area contributed by atoms with Crippen molar-refractivity contribution in [2.75, 3.05) is 0 Å². The molecular weight excluding hydrogens is 344 g/mol. The Kier molecular flexibility index (Phi) is 8.87. The van der Waals surface area contributed by atoms with Crippen molar-refractivity contribution in [3.05, 3.63) is 108 Å². The summed E-state index contributed by atoms with van der Waals surface area (Å²) in [6, 6.07) is 26.4. The fourth-order valence-electron chi connectivity index (χ4n) is 2.73. The number of hydrogen-bond acceptors (Lipinski definition) is 2. The van der Waals surface area contributed by atoms with Crippen molar-refractivity contribution in [2.45, 2.75) is 40.4 Å². The highest BCUT2D eigenvalue weighted by molar-refractivity contribution is 5.40. The first-order valence-corrected chi connectivity index (χ1v) is 9.81. The third-order valence-electron chi connectivity index (χ3n) is 3.94. The molecule has 0 N–H and O–H groups in total. The third kappa shape index (κ3) is 7.32. The van der Waals surface area contributed by atoms with Crippen LogP contribution in [0.5, 0.6) is 11.5 Å². The van der Waals surface area contributed by atoms with E-state index < -0.39 is 0 Å². The predicted molar refractivity (Wildman–Crippen MR) is 118 cm³/mol. The second-order valence-electron chi connectivity index (χ2n) is 6.50. The summed E-state index contributed by atoms with van der Waals surface area (Å²) in [6.07, 6.45) is 0.810. The maximum atomic E-state index is 6.00. The maximum Gasteiger partial charge on any atom is 0.123 e. The molecule has 0 aliphatic rings. The first kappa shape index (κ1) is 21.3. The minimum atomic E-state index is 0.537. The summed E-state index contributed by atoms with van der Waals surface area (Å²) >= 11 is 0. The highest BCUT2D eigenvalue weighted by Crippen LogP contribution is 2.26. The Morgan fingerprint density at radius 3 is 1.50 bits per heavy atom. The molecule has 0 atom stereocenters. The molecule has 0 aliphatic carbocycles. The highest BCUT2D eigenvalue weighted by atomic mass is 16.5. The average molecular weight is 375 g/mol. The van der Waals surface area contributed by atoms with E-state index in [1.165, 1.54) is 0 Å². The van der Waals surface area contributed by atoms with E-state index in [4.69, 9.17) is 9.47 Å². The van der Waals surface area contributed by atoms with Crippen LogP contribution in [0, 0.1) is 0 Å². The van der Waals surface area contributed by atoms with Gasteiger partial charge in [0.2, 0.25) is 0 Å². The Morgan fingerprint density at radius 2 is 1.11 bits per heavy atom. The minimum absolute atomic E-state index is 0.537. The van der Waals surface area contributed by atoms with Crippen LogP contribution in [0.4, 0.5) is 0 Å². The standard InChI is InChI=1S/C24H24O2.C2H6/c1-19(2)13-22-14-23(25-17-20-9-5-3-6-10-20)16-24(15-22)26-18-21-11-7-4-8-12-21;1-2/h3-12,14-16H,1,13,17-18H2,2H3;1-2H3. The van der Waals surface area contributed by atoms with Crippen LogP contribution >= 0.6 is 0 Å². The summed E-state index contributed by atoms with van der Waals surface area (Å²) in [6.45, 7) is 11.1. The minimum Gasteiger partial charge on any atom is -0.489 e. The van der Waals surface area contributed by atoms with Gasteiger partial charge in [0.25, 0.3) is 0 Å². The monoisotopic (exact) mass is 374 g/mol. The first-order chi connectivity index (χ1) is 13.7. The topological polar surface area (TPSA) is 18.5 Å². The smallest absolute Gasteiger partial charge is 0.123 e. The van der Waals surface area contributed by atoms with Crippen LogP contribution in [0.25, 0.3) is 0 Å². The molecule has 0 aromatic heterocycles. The molecule has 0 aliphatic heterocycles. The normalized spacial score (nSPS) is 9.82. The molecule has 2 heteroatoms. The molecule has 0 heterocycles. The zero-order valence-electron chi connectivity index (χ0n) is 17.2. The predicted octanol–water partition coefficient (Wildman–Crippen LogP) is 6.99. The Labute approximate surface area is 169 Å². The molecule has 146 valence electrons. The molecule has 0 bridgehead atoms. The van der Waals surface area contributed by atoms with E-state index in [1.54, 1.807) is 0 Å². The van der Waals surface area contributed by atoms with E-state index in [1.807, 2.05) is 63.2 Å². The Hall–Kier alpha value is -3.00. The van der Waals surface area contributed by atoms with Crippen LogP contribution in [0.2, 0.25) is 0 Å². The Morgan fingerprint density at radius 1 is 0.679 bits per heavy atom. The molecule has 3 aromatic rings. The fraction of sp³-hybridized carbons (Fsp3) is 0.231. The maximum absolute atomic E-state index is 6.00. The number of rotatable bonds is 8. The van der Waals surface area contributed by atoms with Gasteiger partial charge in [-0.3, -0.25) is 0 Å². The van der Waals surface area contributed by atoms with Crippen LogP contribution in [0.15, 0.2) is 91.0 Å². The zero-order valence-corrected chi connectivity index (χ0v) is 17.2. The number of benzene rings is 3. The van der Waals surface area contributed by atoms with Gasteiger partial charge in [0.15, 0.2) is 0 Å². The Balaban J connectivity index is 0.00000136. The fourth-order valence-corrected chi connectivity index (χ4v) is 2.73. The lowest BCUT2D eigenvalue weighted by Gasteiger charge is -2.13. The summed E-state index contributed by atoms with van der Waals surface area (Å²) in [7, 11) is 0. The van der Waals surface area contributed by atoms with E-state index in [-0.39, 0.29) is 0 Å². The summed E-state index contributed by atoms with van der Waals surface area (Å²) in [5.74, 6) is 1.63. The number of hydrogen-bond donors (Lipinski definition) is 0. The van der Waals surface area contributed by atoms with Crippen molar-refractivity contribution >= 4 is 0 Å². The highest BCUT2D eigenvalue weighted by Gasteiger charge is 2.05. The van der Waals surface area contributed by atoms with Gasteiger partial charge in [0.1, 0.15) is 24.7 Å². The summed E-state index contributed by atoms with van der Waals surface area (Å²) in [5, 5.41) is 0. The molecule has 0 saturated heterocycles. The SMILES string of the molecule is C=C(C)Cc1cc(OCc2ccccc2)cc(OCc2ccccc2)c1.CC.